The van der Waals surface area contributed by atoms with Crippen LogP contribution in [0, 0.1) is 17.1 Å². The second-order valence-corrected chi connectivity index (χ2v) is 6.24. The molecule has 0 radical (unpaired) electrons. The van der Waals surface area contributed by atoms with Crippen LogP contribution in [-0.4, -0.2) is 41.3 Å². The zero-order valence-corrected chi connectivity index (χ0v) is 14.3. The minimum absolute atomic E-state index is 0.0494. The molecule has 1 unspecified atom stereocenters. The first kappa shape index (κ1) is 17.9. The van der Waals surface area contributed by atoms with Crippen molar-refractivity contribution >= 4 is 22.6 Å². The summed E-state index contributed by atoms with van der Waals surface area (Å²) in [7, 11) is 0. The SMILES string of the molecule is CCn1cc(C(=O)O)c(=O)c2cc(F)c(N3CCNC(CC#N)C3)cc21. The van der Waals surface area contributed by atoms with E-state index in [1.54, 1.807) is 10.6 Å². The fourth-order valence-electron chi connectivity index (χ4n) is 3.35. The van der Waals surface area contributed by atoms with Crippen LogP contribution in [0.4, 0.5) is 10.1 Å². The number of aromatic nitrogens is 1. The highest BCUT2D eigenvalue weighted by atomic mass is 19.1. The number of hydrogen-bond donors (Lipinski definition) is 2. The first-order valence-corrected chi connectivity index (χ1v) is 8.41. The van der Waals surface area contributed by atoms with Gasteiger partial charge in [0.25, 0.3) is 0 Å². The highest BCUT2D eigenvalue weighted by Crippen LogP contribution is 2.26. The van der Waals surface area contributed by atoms with Crippen LogP contribution in [0.2, 0.25) is 0 Å². The quantitative estimate of drug-likeness (QED) is 0.860. The first-order chi connectivity index (χ1) is 12.5. The lowest BCUT2D eigenvalue weighted by atomic mass is 10.1. The van der Waals surface area contributed by atoms with Crippen LogP contribution in [-0.2, 0) is 6.54 Å². The van der Waals surface area contributed by atoms with Crippen molar-refractivity contribution in [3.8, 4) is 6.07 Å². The van der Waals surface area contributed by atoms with Crippen LogP contribution >= 0.6 is 0 Å². The molecule has 0 aliphatic carbocycles. The van der Waals surface area contributed by atoms with Gasteiger partial charge in [0.2, 0.25) is 5.43 Å². The van der Waals surface area contributed by atoms with E-state index in [-0.39, 0.29) is 17.0 Å². The fraction of sp³-hybridized carbons (Fsp3) is 0.389. The van der Waals surface area contributed by atoms with Gasteiger partial charge in [-0.25, -0.2) is 9.18 Å². The molecule has 8 heteroatoms. The Hall–Kier alpha value is -2.92. The van der Waals surface area contributed by atoms with E-state index in [0.29, 0.717) is 43.8 Å². The lowest BCUT2D eigenvalue weighted by Gasteiger charge is -2.34. The molecule has 1 aromatic carbocycles. The molecule has 1 aliphatic rings. The predicted octanol–water partition coefficient (Wildman–Crippen LogP) is 1.55. The molecular formula is C18H19FN4O3. The van der Waals surface area contributed by atoms with E-state index in [9.17, 15) is 19.1 Å². The number of nitrogens with one attached hydrogen (secondary N) is 1. The van der Waals surface area contributed by atoms with Crippen LogP contribution in [0.5, 0.6) is 0 Å². The number of anilines is 1. The number of nitriles is 1. The molecule has 2 aromatic rings. The third-order valence-electron chi connectivity index (χ3n) is 4.65. The molecule has 136 valence electrons. The van der Waals surface area contributed by atoms with Crippen molar-refractivity contribution in [2.45, 2.75) is 25.9 Å². The van der Waals surface area contributed by atoms with E-state index >= 15 is 0 Å². The lowest BCUT2D eigenvalue weighted by Crippen LogP contribution is -2.50. The number of nitrogens with zero attached hydrogens (tertiary/aromatic N) is 3. The van der Waals surface area contributed by atoms with Gasteiger partial charge in [-0.3, -0.25) is 4.79 Å². The van der Waals surface area contributed by atoms with Crippen molar-refractivity contribution in [2.75, 3.05) is 24.5 Å². The molecule has 3 rings (SSSR count). The Morgan fingerprint density at radius 1 is 1.50 bits per heavy atom. The highest BCUT2D eigenvalue weighted by Gasteiger charge is 2.23. The summed E-state index contributed by atoms with van der Waals surface area (Å²) >= 11 is 0. The molecule has 0 saturated carbocycles. The molecule has 0 spiro atoms. The Kier molecular flexibility index (Phi) is 4.91. The summed E-state index contributed by atoms with van der Waals surface area (Å²) in [5.41, 5.74) is -0.214. The molecule has 1 atom stereocenters. The molecule has 1 aromatic heterocycles. The Balaban J connectivity index is 2.13. The maximum atomic E-state index is 14.7. The van der Waals surface area contributed by atoms with Gasteiger partial charge in [0.1, 0.15) is 11.4 Å². The second kappa shape index (κ2) is 7.14. The molecule has 26 heavy (non-hydrogen) atoms. The summed E-state index contributed by atoms with van der Waals surface area (Å²) < 4.78 is 16.4. The van der Waals surface area contributed by atoms with Crippen molar-refractivity contribution in [3.63, 3.8) is 0 Å². The van der Waals surface area contributed by atoms with Gasteiger partial charge in [-0.15, -0.1) is 0 Å². The van der Waals surface area contributed by atoms with Crippen molar-refractivity contribution < 1.29 is 14.3 Å². The van der Waals surface area contributed by atoms with Crippen LogP contribution in [0.3, 0.4) is 0 Å². The van der Waals surface area contributed by atoms with Gasteiger partial charge in [0.05, 0.1) is 23.7 Å². The number of carboxylic acids is 1. The Morgan fingerprint density at radius 2 is 2.27 bits per heavy atom. The summed E-state index contributed by atoms with van der Waals surface area (Å²) in [6.07, 6.45) is 1.62. The Morgan fingerprint density at radius 3 is 2.92 bits per heavy atom. The number of rotatable bonds is 4. The summed E-state index contributed by atoms with van der Waals surface area (Å²) in [6.45, 7) is 3.96. The number of benzene rings is 1. The van der Waals surface area contributed by atoms with Crippen LogP contribution in [0.1, 0.15) is 23.7 Å². The number of halogens is 1. The average Bonchev–Trinajstić information content (AvgIpc) is 2.62. The van der Waals surface area contributed by atoms with E-state index in [0.717, 1.165) is 6.07 Å². The Bertz CT molecular complexity index is 964. The summed E-state index contributed by atoms with van der Waals surface area (Å²) in [6, 6.07) is 4.77. The maximum absolute atomic E-state index is 14.7. The van der Waals surface area contributed by atoms with Crippen molar-refractivity contribution in [1.29, 1.82) is 5.26 Å². The lowest BCUT2D eigenvalue weighted by molar-refractivity contribution is 0.0695. The summed E-state index contributed by atoms with van der Waals surface area (Å²) in [5.74, 6) is -1.90. The molecule has 1 saturated heterocycles. The molecule has 0 amide bonds. The summed E-state index contributed by atoms with van der Waals surface area (Å²) in [5, 5.41) is 21.3. The number of fused-ring (bicyclic) bond motifs is 1. The molecule has 2 N–H and O–H groups in total. The molecule has 7 nitrogen and oxygen atoms in total. The third kappa shape index (κ3) is 3.13. The number of hydrogen-bond acceptors (Lipinski definition) is 5. The van der Waals surface area contributed by atoms with E-state index in [4.69, 9.17) is 5.26 Å². The van der Waals surface area contributed by atoms with Crippen LogP contribution in [0.25, 0.3) is 10.9 Å². The van der Waals surface area contributed by atoms with Crippen molar-refractivity contribution in [3.05, 3.63) is 39.9 Å². The number of pyridine rings is 1. The smallest absolute Gasteiger partial charge is 0.341 e. The van der Waals surface area contributed by atoms with E-state index in [1.807, 2.05) is 11.8 Å². The number of piperazine rings is 1. The normalized spacial score (nSPS) is 17.3. The average molecular weight is 358 g/mol. The van der Waals surface area contributed by atoms with E-state index in [1.165, 1.54) is 6.20 Å². The van der Waals surface area contributed by atoms with E-state index in [2.05, 4.69) is 11.4 Å². The van der Waals surface area contributed by atoms with Crippen LogP contribution < -0.4 is 15.6 Å². The second-order valence-electron chi connectivity index (χ2n) is 6.24. The maximum Gasteiger partial charge on any atom is 0.341 e. The predicted molar refractivity (Wildman–Crippen MR) is 95.0 cm³/mol. The number of aromatic carboxylic acids is 1. The molecule has 1 aliphatic heterocycles. The molecule has 0 bridgehead atoms. The third-order valence-corrected chi connectivity index (χ3v) is 4.65. The first-order valence-electron chi connectivity index (χ1n) is 8.41. The van der Waals surface area contributed by atoms with Crippen molar-refractivity contribution in [1.82, 2.24) is 9.88 Å². The van der Waals surface area contributed by atoms with Crippen molar-refractivity contribution in [2.24, 2.45) is 0 Å². The van der Waals surface area contributed by atoms with Gasteiger partial charge < -0.3 is 19.9 Å². The minimum Gasteiger partial charge on any atom is -0.477 e. The highest BCUT2D eigenvalue weighted by molar-refractivity contribution is 5.93. The van der Waals surface area contributed by atoms with Gasteiger partial charge in [-0.05, 0) is 19.1 Å². The fourth-order valence-corrected chi connectivity index (χ4v) is 3.35. The topological polar surface area (TPSA) is 98.4 Å². The number of carbonyl (C=O) groups is 1. The van der Waals surface area contributed by atoms with Gasteiger partial charge in [0.15, 0.2) is 0 Å². The minimum atomic E-state index is -1.33. The monoisotopic (exact) mass is 358 g/mol. The van der Waals surface area contributed by atoms with Gasteiger partial charge >= 0.3 is 5.97 Å². The van der Waals surface area contributed by atoms with Gasteiger partial charge in [-0.1, -0.05) is 0 Å². The number of aryl methyl sites for hydroxylation is 1. The molecule has 1 fully saturated rings. The van der Waals surface area contributed by atoms with Crippen LogP contribution in [0.15, 0.2) is 23.1 Å². The number of carboxylic acid groups (broad SMARTS) is 1. The van der Waals surface area contributed by atoms with E-state index < -0.39 is 17.2 Å². The zero-order valence-electron chi connectivity index (χ0n) is 14.3. The van der Waals surface area contributed by atoms with Gasteiger partial charge in [-0.2, -0.15) is 5.26 Å². The largest absolute Gasteiger partial charge is 0.477 e. The summed E-state index contributed by atoms with van der Waals surface area (Å²) in [4.78, 5) is 25.5. The molecule has 2 heterocycles. The molecular weight excluding hydrogens is 339 g/mol. The standard InChI is InChI=1S/C18H19FN4O3/c1-2-22-10-13(18(25)26)17(24)12-7-14(19)16(8-15(12)22)23-6-5-21-11(9-23)3-4-20/h7-8,10-11,21H,2-3,5-6,9H2,1H3,(H,25,26). The van der Waals surface area contributed by atoms with Gasteiger partial charge in [0, 0.05) is 43.8 Å². The zero-order chi connectivity index (χ0) is 18.8. The Labute approximate surface area is 149 Å².